The van der Waals surface area contributed by atoms with Crippen molar-refractivity contribution in [1.82, 2.24) is 0 Å². The number of benzene rings is 3. The van der Waals surface area contributed by atoms with Gasteiger partial charge >= 0.3 is 5.97 Å². The minimum Gasteiger partial charge on any atom is -0.493 e. The summed E-state index contributed by atoms with van der Waals surface area (Å²) < 4.78 is 16.8. The quantitative estimate of drug-likeness (QED) is 0.333. The first-order valence-corrected chi connectivity index (χ1v) is 9.64. The molecule has 5 nitrogen and oxygen atoms in total. The van der Waals surface area contributed by atoms with Crippen molar-refractivity contribution in [3.8, 4) is 17.2 Å². The lowest BCUT2D eigenvalue weighted by molar-refractivity contribution is 0.0734. The summed E-state index contributed by atoms with van der Waals surface area (Å²) in [7, 11) is 0. The Balaban J connectivity index is 1.55. The number of hydrogen-bond donors (Lipinski definition) is 0. The zero-order chi connectivity index (χ0) is 21.1. The van der Waals surface area contributed by atoms with E-state index in [0.717, 1.165) is 11.1 Å². The smallest absolute Gasteiger partial charge is 0.343 e. The number of rotatable bonds is 5. The van der Waals surface area contributed by atoms with E-state index in [-0.39, 0.29) is 11.5 Å². The molecular weight excluding hydrogens is 380 g/mol. The minimum absolute atomic E-state index is 0.194. The highest BCUT2D eigenvalue weighted by Crippen LogP contribution is 2.36. The number of ether oxygens (including phenoxy) is 3. The molecular formula is C25H20O5. The fourth-order valence-corrected chi connectivity index (χ4v) is 3.11. The molecule has 150 valence electrons. The Morgan fingerprint density at radius 3 is 2.57 bits per heavy atom. The van der Waals surface area contributed by atoms with Crippen LogP contribution in [-0.2, 0) is 0 Å². The Hall–Kier alpha value is -3.86. The summed E-state index contributed by atoms with van der Waals surface area (Å²) in [5, 5.41) is 0. The van der Waals surface area contributed by atoms with Crippen molar-refractivity contribution in [3.63, 3.8) is 0 Å². The first-order valence-electron chi connectivity index (χ1n) is 9.64. The van der Waals surface area contributed by atoms with E-state index in [2.05, 4.69) is 0 Å². The number of carbonyl (C=O) groups excluding carboxylic acids is 2. The third-order valence-electron chi connectivity index (χ3n) is 4.64. The first kappa shape index (κ1) is 19.5. The van der Waals surface area contributed by atoms with Crippen LogP contribution < -0.4 is 14.2 Å². The Bertz CT molecular complexity index is 1140. The Morgan fingerprint density at radius 1 is 1.03 bits per heavy atom. The van der Waals surface area contributed by atoms with Gasteiger partial charge in [-0.15, -0.1) is 0 Å². The van der Waals surface area contributed by atoms with Crippen LogP contribution in [0.4, 0.5) is 0 Å². The van der Waals surface area contributed by atoms with Gasteiger partial charge in [-0.1, -0.05) is 35.9 Å². The summed E-state index contributed by atoms with van der Waals surface area (Å²) in [5.74, 6) is 0.831. The molecule has 0 unspecified atom stereocenters. The van der Waals surface area contributed by atoms with E-state index >= 15 is 0 Å². The van der Waals surface area contributed by atoms with Gasteiger partial charge in [0, 0.05) is 11.6 Å². The maximum Gasteiger partial charge on any atom is 0.343 e. The molecule has 0 saturated heterocycles. The van der Waals surface area contributed by atoms with Gasteiger partial charge in [-0.05, 0) is 50.3 Å². The van der Waals surface area contributed by atoms with Crippen LogP contribution in [0.2, 0.25) is 0 Å². The van der Waals surface area contributed by atoms with Crippen LogP contribution >= 0.6 is 0 Å². The van der Waals surface area contributed by atoms with Gasteiger partial charge in [-0.25, -0.2) is 4.79 Å². The summed E-state index contributed by atoms with van der Waals surface area (Å²) in [6.07, 6.45) is 1.66. The molecule has 0 radical (unpaired) electrons. The first-order chi connectivity index (χ1) is 14.5. The molecule has 0 aromatic heterocycles. The highest BCUT2D eigenvalue weighted by Gasteiger charge is 2.28. The lowest BCUT2D eigenvalue weighted by Gasteiger charge is -2.07. The fraction of sp³-hybridized carbons (Fsp3) is 0.120. The van der Waals surface area contributed by atoms with E-state index in [9.17, 15) is 9.59 Å². The van der Waals surface area contributed by atoms with E-state index in [1.165, 1.54) is 0 Å². The van der Waals surface area contributed by atoms with Crippen molar-refractivity contribution in [2.75, 3.05) is 6.61 Å². The van der Waals surface area contributed by atoms with E-state index < -0.39 is 5.97 Å². The van der Waals surface area contributed by atoms with Gasteiger partial charge in [-0.3, -0.25) is 4.79 Å². The minimum atomic E-state index is -0.472. The third-order valence-corrected chi connectivity index (χ3v) is 4.64. The van der Waals surface area contributed by atoms with Crippen LogP contribution in [0.1, 0.15) is 38.8 Å². The van der Waals surface area contributed by atoms with Crippen molar-refractivity contribution in [2.24, 2.45) is 0 Å². The van der Waals surface area contributed by atoms with E-state index in [1.807, 2.05) is 50.2 Å². The molecule has 0 amide bonds. The van der Waals surface area contributed by atoms with Crippen molar-refractivity contribution < 1.29 is 23.8 Å². The van der Waals surface area contributed by atoms with Gasteiger partial charge in [0.05, 0.1) is 17.7 Å². The lowest BCUT2D eigenvalue weighted by Crippen LogP contribution is -2.08. The monoisotopic (exact) mass is 400 g/mol. The van der Waals surface area contributed by atoms with Gasteiger partial charge in [0.1, 0.15) is 17.2 Å². The number of ketones is 1. The number of allylic oxidation sites excluding steroid dienone is 1. The maximum atomic E-state index is 12.7. The van der Waals surface area contributed by atoms with Crippen molar-refractivity contribution in [3.05, 3.63) is 94.7 Å². The topological polar surface area (TPSA) is 61.8 Å². The van der Waals surface area contributed by atoms with E-state index in [1.54, 1.807) is 36.4 Å². The van der Waals surface area contributed by atoms with Crippen molar-refractivity contribution in [2.45, 2.75) is 13.8 Å². The van der Waals surface area contributed by atoms with Crippen molar-refractivity contribution in [1.29, 1.82) is 0 Å². The summed E-state index contributed by atoms with van der Waals surface area (Å²) in [4.78, 5) is 25.1. The number of aryl methyl sites for hydroxylation is 1. The zero-order valence-electron chi connectivity index (χ0n) is 16.7. The summed E-state index contributed by atoms with van der Waals surface area (Å²) >= 11 is 0. The molecule has 1 aliphatic rings. The Kier molecular flexibility index (Phi) is 5.35. The molecule has 0 bridgehead atoms. The predicted molar refractivity (Wildman–Crippen MR) is 113 cm³/mol. The average Bonchev–Trinajstić information content (AvgIpc) is 3.05. The second kappa shape index (κ2) is 8.25. The number of Topliss-reactive ketones (excluding diaryl/α,β-unsaturated/α-hetero) is 1. The molecule has 3 aromatic rings. The molecule has 4 rings (SSSR count). The van der Waals surface area contributed by atoms with Gasteiger partial charge in [0.2, 0.25) is 5.78 Å². The van der Waals surface area contributed by atoms with Crippen molar-refractivity contribution >= 4 is 17.8 Å². The van der Waals surface area contributed by atoms with Crippen LogP contribution in [0.5, 0.6) is 17.2 Å². The summed E-state index contributed by atoms with van der Waals surface area (Å²) in [6.45, 7) is 4.36. The zero-order valence-corrected chi connectivity index (χ0v) is 16.7. The number of hydrogen-bond acceptors (Lipinski definition) is 5. The molecule has 0 fully saturated rings. The van der Waals surface area contributed by atoms with Crippen LogP contribution in [0, 0.1) is 6.92 Å². The molecule has 3 aromatic carbocycles. The summed E-state index contributed by atoms with van der Waals surface area (Å²) in [6, 6.07) is 19.3. The van der Waals surface area contributed by atoms with Crippen LogP contribution in [0.25, 0.3) is 6.08 Å². The molecule has 1 aliphatic heterocycles. The van der Waals surface area contributed by atoms with Crippen LogP contribution in [-0.4, -0.2) is 18.4 Å². The number of para-hydroxylation sites is 1. The molecule has 0 spiro atoms. The second-order valence-electron chi connectivity index (χ2n) is 6.82. The number of fused-ring (bicyclic) bond motifs is 1. The van der Waals surface area contributed by atoms with Gasteiger partial charge in [0.15, 0.2) is 5.76 Å². The number of esters is 1. The van der Waals surface area contributed by atoms with Crippen LogP contribution in [0.3, 0.4) is 0 Å². The molecule has 0 saturated carbocycles. The molecule has 1 heterocycles. The highest BCUT2D eigenvalue weighted by molar-refractivity contribution is 6.14. The average molecular weight is 400 g/mol. The molecule has 0 aliphatic carbocycles. The van der Waals surface area contributed by atoms with E-state index in [0.29, 0.717) is 35.0 Å². The molecule has 0 atom stereocenters. The lowest BCUT2D eigenvalue weighted by atomic mass is 10.1. The maximum absolute atomic E-state index is 12.7. The SMILES string of the molecule is CCOc1ccccc1C=C1Oc2cc(OC(=O)c3ccc(C)cc3)ccc2C1=O. The third kappa shape index (κ3) is 3.96. The van der Waals surface area contributed by atoms with Gasteiger partial charge < -0.3 is 14.2 Å². The predicted octanol–water partition coefficient (Wildman–Crippen LogP) is 5.23. The normalized spacial score (nSPS) is 13.7. The van der Waals surface area contributed by atoms with Crippen LogP contribution in [0.15, 0.2) is 72.5 Å². The molecule has 30 heavy (non-hydrogen) atoms. The molecule has 0 N–H and O–H groups in total. The van der Waals surface area contributed by atoms with Gasteiger partial charge in [0.25, 0.3) is 0 Å². The van der Waals surface area contributed by atoms with E-state index in [4.69, 9.17) is 14.2 Å². The largest absolute Gasteiger partial charge is 0.493 e. The molecule has 5 heteroatoms. The van der Waals surface area contributed by atoms with Gasteiger partial charge in [-0.2, -0.15) is 0 Å². The summed E-state index contributed by atoms with van der Waals surface area (Å²) in [5.41, 5.74) is 2.68. The standard InChI is InChI=1S/C25H20O5/c1-3-28-21-7-5-4-6-18(21)14-23-24(26)20-13-12-19(15-22(20)30-23)29-25(27)17-10-8-16(2)9-11-17/h4-15H,3H2,1-2H3. The highest BCUT2D eigenvalue weighted by atomic mass is 16.5. The fourth-order valence-electron chi connectivity index (χ4n) is 3.11. The Labute approximate surface area is 174 Å². The second-order valence-corrected chi connectivity index (χ2v) is 6.82. The number of carbonyl (C=O) groups is 2. The Morgan fingerprint density at radius 2 is 1.80 bits per heavy atom.